The van der Waals surface area contributed by atoms with Crippen LogP contribution in [0.4, 0.5) is 13.2 Å². The highest BCUT2D eigenvalue weighted by Crippen LogP contribution is 2.46. The molecule has 0 aliphatic heterocycles. The van der Waals surface area contributed by atoms with Gasteiger partial charge in [0.1, 0.15) is 5.75 Å². The Hall–Kier alpha value is -1.65. The Morgan fingerprint density at radius 3 is 1.86 bits per heavy atom. The normalized spacial score (nSPS) is 31.9. The molecule has 0 aromatic heterocycles. The van der Waals surface area contributed by atoms with Crippen LogP contribution in [-0.2, 0) is 0 Å². The molecule has 3 saturated carbocycles. The van der Waals surface area contributed by atoms with Gasteiger partial charge >= 0.3 is 6.11 Å². The van der Waals surface area contributed by atoms with E-state index in [0.29, 0.717) is 0 Å². The van der Waals surface area contributed by atoms with Crippen molar-refractivity contribution < 1.29 is 22.6 Å². The fraction of sp³-hybridized carbons (Fsp3) is 0.742. The lowest BCUT2D eigenvalue weighted by Gasteiger charge is -2.41. The molecule has 0 atom stereocenters. The lowest BCUT2D eigenvalue weighted by Crippen LogP contribution is -2.29. The summed E-state index contributed by atoms with van der Waals surface area (Å²) in [5.74, 6) is 3.55. The number of rotatable bonds is 9. The van der Waals surface area contributed by atoms with Crippen molar-refractivity contribution in [3.05, 3.63) is 36.2 Å². The maximum Gasteiger partial charge on any atom is 0.419 e. The fourth-order valence-electron chi connectivity index (χ4n) is 7.37. The summed E-state index contributed by atoms with van der Waals surface area (Å²) >= 11 is 0. The van der Waals surface area contributed by atoms with Crippen molar-refractivity contribution >= 4 is 0 Å². The molecule has 0 saturated heterocycles. The third kappa shape index (κ3) is 7.44. The molecule has 0 unspecified atom stereocenters. The van der Waals surface area contributed by atoms with Gasteiger partial charge in [-0.2, -0.15) is 8.78 Å². The second-order valence-electron chi connectivity index (χ2n) is 11.7. The zero-order valence-electron chi connectivity index (χ0n) is 22.2. The number of halogens is 3. The van der Waals surface area contributed by atoms with Gasteiger partial charge < -0.3 is 9.47 Å². The minimum atomic E-state index is -3.54. The number of ether oxygens (including phenoxy) is 2. The Balaban J connectivity index is 1.18. The molecule has 0 radical (unpaired) electrons. The van der Waals surface area contributed by atoms with Crippen molar-refractivity contribution in [2.24, 2.45) is 35.5 Å². The predicted octanol–water partition coefficient (Wildman–Crippen LogP) is 9.58. The van der Waals surface area contributed by atoms with Crippen molar-refractivity contribution in [2.45, 2.75) is 103 Å². The molecule has 4 rings (SSSR count). The Bertz CT molecular complexity index is 830. The third-order valence-corrected chi connectivity index (χ3v) is 9.50. The SMILES string of the molecule is CCCC1CCC(C2CCC(C3CCC(/C=C/C(F)(F)Oc4ccc(OC)cc4F)CC3)CC2)CC1. The summed E-state index contributed by atoms with van der Waals surface area (Å²) < 4.78 is 52.2. The minimum Gasteiger partial charge on any atom is -0.497 e. The second kappa shape index (κ2) is 12.7. The first kappa shape index (κ1) is 27.4. The topological polar surface area (TPSA) is 18.5 Å². The monoisotopic (exact) mass is 506 g/mol. The van der Waals surface area contributed by atoms with E-state index in [1.807, 2.05) is 0 Å². The maximum atomic E-state index is 14.3. The standard InChI is InChI=1S/C31H45F3O2/c1-3-4-22-5-9-24(10-6-22)26-13-15-27(16-14-26)25-11-7-23(8-12-25)19-20-31(33,34)36-30-18-17-28(35-2)21-29(30)32/h17-27H,3-16H2,1-2H3/b20-19+. The number of alkyl halides is 2. The smallest absolute Gasteiger partial charge is 0.419 e. The van der Waals surface area contributed by atoms with Gasteiger partial charge in [0.2, 0.25) is 0 Å². The molecule has 2 nitrogen and oxygen atoms in total. The van der Waals surface area contributed by atoms with E-state index in [9.17, 15) is 13.2 Å². The molecule has 3 fully saturated rings. The lowest BCUT2D eigenvalue weighted by atomic mass is 9.65. The molecule has 0 amide bonds. The summed E-state index contributed by atoms with van der Waals surface area (Å²) in [5.41, 5.74) is 0. The molecule has 202 valence electrons. The van der Waals surface area contributed by atoms with E-state index in [1.165, 1.54) is 83.5 Å². The van der Waals surface area contributed by atoms with E-state index in [1.54, 1.807) is 6.08 Å². The molecule has 0 spiro atoms. The van der Waals surface area contributed by atoms with Crippen LogP contribution in [0.1, 0.15) is 96.8 Å². The predicted molar refractivity (Wildman–Crippen MR) is 139 cm³/mol. The van der Waals surface area contributed by atoms with E-state index >= 15 is 0 Å². The second-order valence-corrected chi connectivity index (χ2v) is 11.7. The van der Waals surface area contributed by atoms with Crippen LogP contribution in [0.2, 0.25) is 0 Å². The van der Waals surface area contributed by atoms with E-state index < -0.39 is 17.7 Å². The van der Waals surface area contributed by atoms with Gasteiger partial charge in [-0.15, -0.1) is 0 Å². The van der Waals surface area contributed by atoms with Crippen LogP contribution in [0.25, 0.3) is 0 Å². The molecule has 1 aromatic carbocycles. The van der Waals surface area contributed by atoms with Crippen molar-refractivity contribution in [3.8, 4) is 11.5 Å². The van der Waals surface area contributed by atoms with Gasteiger partial charge in [-0.25, -0.2) is 4.39 Å². The van der Waals surface area contributed by atoms with Gasteiger partial charge in [-0.05, 0) is 112 Å². The van der Waals surface area contributed by atoms with Crippen molar-refractivity contribution in [1.82, 2.24) is 0 Å². The summed E-state index contributed by atoms with van der Waals surface area (Å²) in [5, 5.41) is 0. The van der Waals surface area contributed by atoms with Crippen molar-refractivity contribution in [3.63, 3.8) is 0 Å². The molecular weight excluding hydrogens is 461 g/mol. The molecular formula is C31H45F3O2. The molecule has 3 aliphatic carbocycles. The van der Waals surface area contributed by atoms with E-state index in [-0.39, 0.29) is 11.7 Å². The molecule has 5 heteroatoms. The highest BCUT2D eigenvalue weighted by Gasteiger charge is 2.35. The van der Waals surface area contributed by atoms with Crippen LogP contribution < -0.4 is 9.47 Å². The van der Waals surface area contributed by atoms with E-state index in [0.717, 1.165) is 67.4 Å². The Morgan fingerprint density at radius 2 is 1.36 bits per heavy atom. The number of benzene rings is 1. The number of methoxy groups -OCH3 is 1. The average molecular weight is 507 g/mol. The summed E-state index contributed by atoms with van der Waals surface area (Å²) in [4.78, 5) is 0. The first-order valence-corrected chi connectivity index (χ1v) is 14.5. The zero-order valence-corrected chi connectivity index (χ0v) is 22.2. The Kier molecular flexibility index (Phi) is 9.69. The van der Waals surface area contributed by atoms with Gasteiger partial charge in [-0.1, -0.05) is 38.7 Å². The van der Waals surface area contributed by atoms with Gasteiger partial charge in [-0.3, -0.25) is 0 Å². The molecule has 36 heavy (non-hydrogen) atoms. The number of hydrogen-bond donors (Lipinski definition) is 0. The third-order valence-electron chi connectivity index (χ3n) is 9.50. The first-order chi connectivity index (χ1) is 17.4. The van der Waals surface area contributed by atoms with Gasteiger partial charge in [0.05, 0.1) is 7.11 Å². The molecule has 3 aliphatic rings. The molecule has 1 aromatic rings. The summed E-state index contributed by atoms with van der Waals surface area (Å²) in [7, 11) is 1.39. The number of hydrogen-bond acceptors (Lipinski definition) is 2. The van der Waals surface area contributed by atoms with Crippen LogP contribution in [0, 0.1) is 41.3 Å². The van der Waals surface area contributed by atoms with Crippen LogP contribution in [-0.4, -0.2) is 13.2 Å². The molecule has 0 N–H and O–H groups in total. The zero-order chi connectivity index (χ0) is 25.5. The highest BCUT2D eigenvalue weighted by molar-refractivity contribution is 5.33. The highest BCUT2D eigenvalue weighted by atomic mass is 19.3. The fourth-order valence-corrected chi connectivity index (χ4v) is 7.37. The first-order valence-electron chi connectivity index (χ1n) is 14.5. The minimum absolute atomic E-state index is 0.145. The summed E-state index contributed by atoms with van der Waals surface area (Å²) in [6.45, 7) is 2.31. The average Bonchev–Trinajstić information content (AvgIpc) is 2.90. The van der Waals surface area contributed by atoms with Crippen molar-refractivity contribution in [1.29, 1.82) is 0 Å². The molecule has 0 bridgehead atoms. The lowest BCUT2D eigenvalue weighted by molar-refractivity contribution is -0.133. The number of allylic oxidation sites excluding steroid dienone is 1. The summed E-state index contributed by atoms with van der Waals surface area (Å²) in [6.07, 6.45) is 17.1. The Morgan fingerprint density at radius 1 is 0.833 bits per heavy atom. The van der Waals surface area contributed by atoms with Crippen LogP contribution in [0.15, 0.2) is 30.4 Å². The van der Waals surface area contributed by atoms with Crippen LogP contribution in [0.3, 0.4) is 0 Å². The maximum absolute atomic E-state index is 14.3. The van der Waals surface area contributed by atoms with Crippen LogP contribution >= 0.6 is 0 Å². The van der Waals surface area contributed by atoms with Gasteiger partial charge in [0.15, 0.2) is 11.6 Å². The van der Waals surface area contributed by atoms with Gasteiger partial charge in [0.25, 0.3) is 0 Å². The van der Waals surface area contributed by atoms with Gasteiger partial charge in [0, 0.05) is 12.1 Å². The van der Waals surface area contributed by atoms with Crippen LogP contribution in [0.5, 0.6) is 11.5 Å². The van der Waals surface area contributed by atoms with Crippen molar-refractivity contribution in [2.75, 3.05) is 7.11 Å². The molecule has 0 heterocycles. The summed E-state index contributed by atoms with van der Waals surface area (Å²) in [6, 6.07) is 3.63. The van der Waals surface area contributed by atoms with E-state index in [2.05, 4.69) is 11.7 Å². The Labute approximate surface area is 216 Å². The quantitative estimate of drug-likeness (QED) is 0.310. The van der Waals surface area contributed by atoms with E-state index in [4.69, 9.17) is 4.74 Å². The largest absolute Gasteiger partial charge is 0.497 e.